The number of nitrogens with zero attached hydrogens (tertiary/aromatic N) is 2. The van der Waals surface area contributed by atoms with Crippen molar-refractivity contribution in [3.63, 3.8) is 0 Å². The highest BCUT2D eigenvalue weighted by molar-refractivity contribution is 6.26. The van der Waals surface area contributed by atoms with Crippen molar-refractivity contribution < 1.29 is 14.4 Å². The van der Waals surface area contributed by atoms with Crippen molar-refractivity contribution in [2.24, 2.45) is 5.92 Å². The number of rotatable bonds is 10. The number of amides is 3. The molecule has 1 aliphatic rings. The van der Waals surface area contributed by atoms with Gasteiger partial charge >= 0.3 is 0 Å². The molecule has 6 nitrogen and oxygen atoms in total. The van der Waals surface area contributed by atoms with E-state index in [0.29, 0.717) is 18.5 Å². The fourth-order valence-electron chi connectivity index (χ4n) is 5.35. The molecule has 1 unspecified atom stereocenters. The van der Waals surface area contributed by atoms with Crippen LogP contribution in [0.15, 0.2) is 91.0 Å². The van der Waals surface area contributed by atoms with Gasteiger partial charge in [0.15, 0.2) is 0 Å². The third-order valence-electron chi connectivity index (χ3n) is 7.33. The molecule has 5 rings (SSSR count). The van der Waals surface area contributed by atoms with Crippen molar-refractivity contribution in [3.8, 4) is 0 Å². The zero-order valence-electron chi connectivity index (χ0n) is 23.3. The Morgan fingerprint density at radius 1 is 0.875 bits per heavy atom. The SMILES string of the molecule is Cc1cccc(CN(C(=O)CN2C(=O)c3cccc4cccc2c34)C(Cc2ccccc2)C(=O)NCC(C)C)c1. The number of hydrogen-bond donors (Lipinski definition) is 1. The molecule has 0 aliphatic carbocycles. The van der Waals surface area contributed by atoms with Crippen LogP contribution >= 0.6 is 0 Å². The van der Waals surface area contributed by atoms with Crippen LogP contribution in [0.4, 0.5) is 5.69 Å². The van der Waals surface area contributed by atoms with E-state index in [1.807, 2.05) is 106 Å². The molecular weight excluding hydrogens is 498 g/mol. The molecule has 0 saturated carbocycles. The summed E-state index contributed by atoms with van der Waals surface area (Å²) in [5.74, 6) is -0.403. The average Bonchev–Trinajstić information content (AvgIpc) is 3.22. The molecule has 3 amide bonds. The Hall–Kier alpha value is -4.45. The van der Waals surface area contributed by atoms with E-state index in [4.69, 9.17) is 0 Å². The van der Waals surface area contributed by atoms with Gasteiger partial charge in [-0.25, -0.2) is 0 Å². The third-order valence-corrected chi connectivity index (χ3v) is 7.33. The first kappa shape index (κ1) is 27.1. The van der Waals surface area contributed by atoms with E-state index in [9.17, 15) is 14.4 Å². The minimum atomic E-state index is -0.745. The Bertz CT molecular complexity index is 1540. The van der Waals surface area contributed by atoms with E-state index in [2.05, 4.69) is 5.32 Å². The van der Waals surface area contributed by atoms with Gasteiger partial charge in [-0.3, -0.25) is 19.3 Å². The van der Waals surface area contributed by atoms with Gasteiger partial charge in [-0.1, -0.05) is 98.3 Å². The number of benzene rings is 4. The fraction of sp³-hybridized carbons (Fsp3) is 0.265. The summed E-state index contributed by atoms with van der Waals surface area (Å²) in [4.78, 5) is 44.6. The molecule has 0 aromatic heterocycles. The summed E-state index contributed by atoms with van der Waals surface area (Å²) in [6.07, 6.45) is 0.367. The third kappa shape index (κ3) is 5.76. The summed E-state index contributed by atoms with van der Waals surface area (Å²) in [6, 6.07) is 28.4. The molecule has 1 aliphatic heterocycles. The van der Waals surface area contributed by atoms with Gasteiger partial charge in [-0.15, -0.1) is 0 Å². The van der Waals surface area contributed by atoms with Crippen molar-refractivity contribution in [3.05, 3.63) is 113 Å². The van der Waals surface area contributed by atoms with Crippen LogP contribution in [0, 0.1) is 12.8 Å². The lowest BCUT2D eigenvalue weighted by Gasteiger charge is -2.33. The second kappa shape index (κ2) is 11.7. The highest BCUT2D eigenvalue weighted by Gasteiger charge is 2.35. The monoisotopic (exact) mass is 533 g/mol. The van der Waals surface area contributed by atoms with Crippen molar-refractivity contribution in [1.82, 2.24) is 10.2 Å². The minimum absolute atomic E-state index is 0.152. The Balaban J connectivity index is 1.50. The van der Waals surface area contributed by atoms with Crippen molar-refractivity contribution in [1.29, 1.82) is 0 Å². The molecule has 1 heterocycles. The summed E-state index contributed by atoms with van der Waals surface area (Å²) in [7, 11) is 0. The van der Waals surface area contributed by atoms with Gasteiger partial charge in [0, 0.05) is 30.5 Å². The van der Waals surface area contributed by atoms with Gasteiger partial charge in [0.1, 0.15) is 12.6 Å². The summed E-state index contributed by atoms with van der Waals surface area (Å²) >= 11 is 0. The summed E-state index contributed by atoms with van der Waals surface area (Å²) in [6.45, 7) is 6.71. The van der Waals surface area contributed by atoms with E-state index in [-0.39, 0.29) is 36.7 Å². The van der Waals surface area contributed by atoms with E-state index < -0.39 is 6.04 Å². The van der Waals surface area contributed by atoms with E-state index in [1.54, 1.807) is 15.9 Å². The van der Waals surface area contributed by atoms with Crippen molar-refractivity contribution in [2.75, 3.05) is 18.0 Å². The molecule has 0 bridgehead atoms. The first-order valence-corrected chi connectivity index (χ1v) is 13.8. The van der Waals surface area contributed by atoms with Crippen LogP contribution < -0.4 is 10.2 Å². The van der Waals surface area contributed by atoms with Crippen LogP contribution in [0.5, 0.6) is 0 Å². The molecule has 4 aromatic rings. The lowest BCUT2D eigenvalue weighted by Crippen LogP contribution is -2.53. The van der Waals surface area contributed by atoms with Crippen molar-refractivity contribution >= 4 is 34.2 Å². The molecule has 4 aromatic carbocycles. The molecule has 1 atom stereocenters. The molecular formula is C34H35N3O3. The molecule has 0 saturated heterocycles. The maximum absolute atomic E-state index is 14.2. The minimum Gasteiger partial charge on any atom is -0.354 e. The predicted molar refractivity (Wildman–Crippen MR) is 159 cm³/mol. The lowest BCUT2D eigenvalue weighted by atomic mass is 10.0. The first-order valence-electron chi connectivity index (χ1n) is 13.8. The Kier molecular flexibility index (Phi) is 7.96. The number of nitrogens with one attached hydrogen (secondary N) is 1. The number of carbonyl (C=O) groups is 3. The Morgan fingerprint density at radius 3 is 2.30 bits per heavy atom. The van der Waals surface area contributed by atoms with E-state index in [0.717, 1.165) is 33.2 Å². The second-order valence-electron chi connectivity index (χ2n) is 10.9. The molecule has 6 heteroatoms. The van der Waals surface area contributed by atoms with Crippen LogP contribution in [0.3, 0.4) is 0 Å². The van der Waals surface area contributed by atoms with E-state index >= 15 is 0 Å². The molecule has 0 spiro atoms. The first-order chi connectivity index (χ1) is 19.3. The van der Waals surface area contributed by atoms with Crippen molar-refractivity contribution in [2.45, 2.75) is 39.8 Å². The predicted octanol–water partition coefficient (Wildman–Crippen LogP) is 5.52. The Morgan fingerprint density at radius 2 is 1.57 bits per heavy atom. The van der Waals surface area contributed by atoms with Crippen LogP contribution in [0.25, 0.3) is 10.8 Å². The van der Waals surface area contributed by atoms with Gasteiger partial charge in [0.05, 0.1) is 5.69 Å². The van der Waals surface area contributed by atoms with Gasteiger partial charge in [0.2, 0.25) is 11.8 Å². The standard InChI is InChI=1S/C34H35N3O3/c1-23(2)20-35-33(39)30(19-25-11-5-4-6-12-25)36(21-26-13-7-10-24(3)18-26)31(38)22-37-29-17-9-15-27-14-8-16-28(32(27)29)34(37)40/h4-18,23,30H,19-22H2,1-3H3,(H,35,39). The van der Waals surface area contributed by atoms with Gasteiger partial charge in [0.25, 0.3) is 5.91 Å². The van der Waals surface area contributed by atoms with Gasteiger partial charge < -0.3 is 10.2 Å². The second-order valence-corrected chi connectivity index (χ2v) is 10.9. The highest BCUT2D eigenvalue weighted by atomic mass is 16.2. The van der Waals surface area contributed by atoms with Crippen LogP contribution in [0.2, 0.25) is 0 Å². The van der Waals surface area contributed by atoms with Gasteiger partial charge in [-0.05, 0) is 41.5 Å². The van der Waals surface area contributed by atoms with E-state index in [1.165, 1.54) is 0 Å². The smallest absolute Gasteiger partial charge is 0.259 e. The number of hydrogen-bond acceptors (Lipinski definition) is 3. The summed E-state index contributed by atoms with van der Waals surface area (Å²) in [5, 5.41) is 4.88. The quantitative estimate of drug-likeness (QED) is 0.292. The molecule has 204 valence electrons. The maximum atomic E-state index is 14.2. The Labute approximate surface area is 235 Å². The average molecular weight is 534 g/mol. The van der Waals surface area contributed by atoms with Crippen LogP contribution in [-0.2, 0) is 22.6 Å². The number of carbonyl (C=O) groups excluding carboxylic acids is 3. The summed E-state index contributed by atoms with van der Waals surface area (Å²) in [5.41, 5.74) is 4.29. The molecule has 40 heavy (non-hydrogen) atoms. The summed E-state index contributed by atoms with van der Waals surface area (Å²) < 4.78 is 0. The maximum Gasteiger partial charge on any atom is 0.259 e. The number of aryl methyl sites for hydroxylation is 1. The fourth-order valence-corrected chi connectivity index (χ4v) is 5.35. The zero-order chi connectivity index (χ0) is 28.2. The highest BCUT2D eigenvalue weighted by Crippen LogP contribution is 2.37. The normalized spacial score (nSPS) is 13.1. The lowest BCUT2D eigenvalue weighted by molar-refractivity contribution is -0.140. The van der Waals surface area contributed by atoms with Crippen LogP contribution in [-0.4, -0.2) is 41.8 Å². The topological polar surface area (TPSA) is 69.7 Å². The largest absolute Gasteiger partial charge is 0.354 e. The molecule has 1 N–H and O–H groups in total. The van der Waals surface area contributed by atoms with Gasteiger partial charge in [-0.2, -0.15) is 0 Å². The molecule has 0 fully saturated rings. The van der Waals surface area contributed by atoms with Crippen LogP contribution in [0.1, 0.15) is 40.9 Å². The molecule has 0 radical (unpaired) electrons. The number of anilines is 1. The zero-order valence-corrected chi connectivity index (χ0v) is 23.3.